The smallest absolute Gasteiger partial charge is 0.269 e. The molecule has 0 saturated heterocycles. The number of nitrogen functional groups attached to an aromatic ring is 1. The predicted octanol–water partition coefficient (Wildman–Crippen LogP) is 5.54. The zero-order valence-corrected chi connectivity index (χ0v) is 16.7. The van der Waals surface area contributed by atoms with Crippen LogP contribution in [-0.2, 0) is 0 Å². The Morgan fingerprint density at radius 3 is 1.60 bits per heavy atom. The van der Waals surface area contributed by atoms with Gasteiger partial charge in [-0.15, -0.1) is 0 Å². The van der Waals surface area contributed by atoms with Crippen molar-refractivity contribution in [2.45, 2.75) is 0 Å². The van der Waals surface area contributed by atoms with Gasteiger partial charge in [0.1, 0.15) is 11.5 Å². The minimum Gasteiger partial charge on any atom is -0.496 e. The standard InChI is InChI=1S/C24H22N2O4/c1-29-23-16-20(10-4-18-7-13-22(14-8-18)26(27)28)24(30-2)15-19(23)9-3-17-5-11-21(25)12-6-17/h3-16H,25H2,1-2H3/b9-3+,10-4+. The minimum atomic E-state index is -0.419. The van der Waals surface area contributed by atoms with Crippen LogP contribution in [0.5, 0.6) is 11.5 Å². The van der Waals surface area contributed by atoms with Crippen molar-refractivity contribution in [1.82, 2.24) is 0 Å². The van der Waals surface area contributed by atoms with Crippen LogP contribution in [0, 0.1) is 10.1 Å². The fourth-order valence-electron chi connectivity index (χ4n) is 2.89. The van der Waals surface area contributed by atoms with Crippen molar-refractivity contribution in [3.8, 4) is 11.5 Å². The summed E-state index contributed by atoms with van der Waals surface area (Å²) >= 11 is 0. The van der Waals surface area contributed by atoms with Crippen LogP contribution in [0.4, 0.5) is 11.4 Å². The monoisotopic (exact) mass is 402 g/mol. The molecule has 30 heavy (non-hydrogen) atoms. The van der Waals surface area contributed by atoms with Crippen molar-refractivity contribution >= 4 is 35.7 Å². The van der Waals surface area contributed by atoms with E-state index in [0.29, 0.717) is 11.5 Å². The zero-order valence-electron chi connectivity index (χ0n) is 16.7. The summed E-state index contributed by atoms with van der Waals surface area (Å²) in [5, 5.41) is 10.8. The number of nitrogens with zero attached hydrogens (tertiary/aromatic N) is 1. The molecule has 6 nitrogen and oxygen atoms in total. The second-order valence-corrected chi connectivity index (χ2v) is 6.52. The Labute approximate surface area is 175 Å². The normalized spacial score (nSPS) is 11.1. The number of ether oxygens (including phenoxy) is 2. The van der Waals surface area contributed by atoms with E-state index in [9.17, 15) is 10.1 Å². The third kappa shape index (κ3) is 5.05. The molecule has 0 atom stereocenters. The van der Waals surface area contributed by atoms with Gasteiger partial charge in [-0.3, -0.25) is 10.1 Å². The van der Waals surface area contributed by atoms with Gasteiger partial charge in [0.05, 0.1) is 19.1 Å². The van der Waals surface area contributed by atoms with Gasteiger partial charge in [0.2, 0.25) is 0 Å². The van der Waals surface area contributed by atoms with E-state index in [0.717, 1.165) is 27.9 Å². The lowest BCUT2D eigenvalue weighted by molar-refractivity contribution is -0.384. The van der Waals surface area contributed by atoms with Gasteiger partial charge in [-0.25, -0.2) is 0 Å². The first kappa shape index (κ1) is 20.7. The van der Waals surface area contributed by atoms with Gasteiger partial charge < -0.3 is 15.2 Å². The Morgan fingerprint density at radius 2 is 1.20 bits per heavy atom. The van der Waals surface area contributed by atoms with Gasteiger partial charge in [0.15, 0.2) is 0 Å². The summed E-state index contributed by atoms with van der Waals surface area (Å²) in [5.41, 5.74) is 10.1. The molecule has 3 rings (SSSR count). The Hall–Kier alpha value is -4.06. The van der Waals surface area contributed by atoms with Gasteiger partial charge in [-0.05, 0) is 47.5 Å². The average Bonchev–Trinajstić information content (AvgIpc) is 2.77. The van der Waals surface area contributed by atoms with Gasteiger partial charge in [0, 0.05) is 28.9 Å². The van der Waals surface area contributed by atoms with E-state index >= 15 is 0 Å². The van der Waals surface area contributed by atoms with Crippen LogP contribution in [0.2, 0.25) is 0 Å². The molecule has 0 heterocycles. The van der Waals surface area contributed by atoms with Crippen LogP contribution in [0.25, 0.3) is 24.3 Å². The molecule has 0 saturated carbocycles. The summed E-state index contributed by atoms with van der Waals surface area (Å²) in [6.07, 6.45) is 7.68. The summed E-state index contributed by atoms with van der Waals surface area (Å²) < 4.78 is 11.1. The molecule has 0 aliphatic carbocycles. The molecule has 0 fully saturated rings. The maximum absolute atomic E-state index is 10.8. The molecule has 0 amide bonds. The quantitative estimate of drug-likeness (QED) is 0.243. The average molecular weight is 402 g/mol. The van der Waals surface area contributed by atoms with Crippen LogP contribution >= 0.6 is 0 Å². The third-order valence-electron chi connectivity index (χ3n) is 4.53. The maximum atomic E-state index is 10.8. The Kier molecular flexibility index (Phi) is 6.49. The van der Waals surface area contributed by atoms with E-state index in [1.807, 2.05) is 60.7 Å². The van der Waals surface area contributed by atoms with E-state index in [-0.39, 0.29) is 5.69 Å². The zero-order chi connectivity index (χ0) is 21.5. The lowest BCUT2D eigenvalue weighted by Gasteiger charge is -2.11. The highest BCUT2D eigenvalue weighted by Gasteiger charge is 2.08. The fraction of sp³-hybridized carbons (Fsp3) is 0.0833. The third-order valence-corrected chi connectivity index (χ3v) is 4.53. The Bertz CT molecular complexity index is 1090. The summed E-state index contributed by atoms with van der Waals surface area (Å²) in [4.78, 5) is 10.4. The van der Waals surface area contributed by atoms with Gasteiger partial charge >= 0.3 is 0 Å². The Balaban J connectivity index is 1.88. The summed E-state index contributed by atoms with van der Waals surface area (Å²) in [5.74, 6) is 1.39. The molecule has 3 aromatic rings. The molecule has 0 aliphatic rings. The number of benzene rings is 3. The molecular weight excluding hydrogens is 380 g/mol. The molecule has 0 spiro atoms. The van der Waals surface area contributed by atoms with Crippen molar-refractivity contribution < 1.29 is 14.4 Å². The second kappa shape index (κ2) is 9.43. The van der Waals surface area contributed by atoms with Crippen LogP contribution < -0.4 is 15.2 Å². The van der Waals surface area contributed by atoms with E-state index in [1.165, 1.54) is 12.1 Å². The SMILES string of the molecule is COc1cc(/C=C/c2ccc([N+](=O)[O-])cc2)c(OC)cc1/C=C/c1ccc(N)cc1. The van der Waals surface area contributed by atoms with Gasteiger partial charge in [-0.2, -0.15) is 0 Å². The van der Waals surface area contributed by atoms with Gasteiger partial charge in [0.25, 0.3) is 5.69 Å². The number of nitro groups is 1. The van der Waals surface area contributed by atoms with Crippen LogP contribution in [0.3, 0.4) is 0 Å². The van der Waals surface area contributed by atoms with Crippen molar-refractivity contribution in [3.05, 3.63) is 93.0 Å². The summed E-state index contributed by atoms with van der Waals surface area (Å²) in [6.45, 7) is 0. The lowest BCUT2D eigenvalue weighted by atomic mass is 10.1. The van der Waals surface area contributed by atoms with E-state index < -0.39 is 4.92 Å². The number of anilines is 1. The van der Waals surface area contributed by atoms with E-state index in [1.54, 1.807) is 26.4 Å². The minimum absolute atomic E-state index is 0.0589. The first-order valence-electron chi connectivity index (χ1n) is 9.22. The molecule has 0 bridgehead atoms. The number of non-ortho nitro benzene ring substituents is 1. The second-order valence-electron chi connectivity index (χ2n) is 6.52. The number of nitrogens with two attached hydrogens (primary N) is 1. The predicted molar refractivity (Wildman–Crippen MR) is 121 cm³/mol. The van der Waals surface area contributed by atoms with Crippen molar-refractivity contribution in [2.24, 2.45) is 0 Å². The van der Waals surface area contributed by atoms with Gasteiger partial charge in [-0.1, -0.05) is 36.4 Å². The first-order valence-corrected chi connectivity index (χ1v) is 9.22. The highest BCUT2D eigenvalue weighted by Crippen LogP contribution is 2.32. The van der Waals surface area contributed by atoms with Crippen LogP contribution in [0.1, 0.15) is 22.3 Å². The number of nitro benzene ring substituents is 1. The molecule has 2 N–H and O–H groups in total. The fourth-order valence-corrected chi connectivity index (χ4v) is 2.89. The molecule has 0 unspecified atom stereocenters. The molecule has 0 aliphatic heterocycles. The highest BCUT2D eigenvalue weighted by atomic mass is 16.6. The summed E-state index contributed by atoms with van der Waals surface area (Å²) in [7, 11) is 3.23. The molecule has 6 heteroatoms. The van der Waals surface area contributed by atoms with Crippen molar-refractivity contribution in [3.63, 3.8) is 0 Å². The first-order chi connectivity index (χ1) is 14.5. The van der Waals surface area contributed by atoms with Crippen LogP contribution in [-0.4, -0.2) is 19.1 Å². The van der Waals surface area contributed by atoms with E-state index in [4.69, 9.17) is 15.2 Å². The van der Waals surface area contributed by atoms with Crippen molar-refractivity contribution in [1.29, 1.82) is 0 Å². The summed E-state index contributed by atoms with van der Waals surface area (Å²) in [6, 6.07) is 17.7. The van der Waals surface area contributed by atoms with Crippen LogP contribution in [0.15, 0.2) is 60.7 Å². The lowest BCUT2D eigenvalue weighted by Crippen LogP contribution is -1.93. The molecular formula is C24H22N2O4. The Morgan fingerprint density at radius 1 is 0.767 bits per heavy atom. The highest BCUT2D eigenvalue weighted by molar-refractivity contribution is 5.79. The molecule has 3 aromatic carbocycles. The number of rotatable bonds is 7. The van der Waals surface area contributed by atoms with Crippen molar-refractivity contribution in [2.75, 3.05) is 20.0 Å². The number of hydrogen-bond acceptors (Lipinski definition) is 5. The maximum Gasteiger partial charge on any atom is 0.269 e. The largest absolute Gasteiger partial charge is 0.496 e. The molecule has 152 valence electrons. The number of methoxy groups -OCH3 is 2. The van der Waals surface area contributed by atoms with E-state index in [2.05, 4.69) is 0 Å². The molecule has 0 aromatic heterocycles. The topological polar surface area (TPSA) is 87.6 Å². The number of hydrogen-bond donors (Lipinski definition) is 1. The molecule has 0 radical (unpaired) electrons.